The molecule has 0 saturated heterocycles. The Hall–Kier alpha value is -1.61. The number of nitrogens with one attached hydrogen (secondary N) is 1. The van der Waals surface area contributed by atoms with E-state index in [-0.39, 0.29) is 0 Å². The second-order valence-corrected chi connectivity index (χ2v) is 4.20. The third-order valence-electron chi connectivity index (χ3n) is 2.81. The molecule has 2 rings (SSSR count). The van der Waals surface area contributed by atoms with Gasteiger partial charge >= 0.3 is 0 Å². The van der Waals surface area contributed by atoms with E-state index in [4.69, 9.17) is 0 Å². The van der Waals surface area contributed by atoms with Crippen molar-refractivity contribution in [3.63, 3.8) is 0 Å². The fourth-order valence-electron chi connectivity index (χ4n) is 1.92. The molecule has 0 radical (unpaired) electrons. The van der Waals surface area contributed by atoms with Gasteiger partial charge in [-0.1, -0.05) is 30.7 Å². The Morgan fingerprint density at radius 3 is 3.00 bits per heavy atom. The monoisotopic (exact) mass is 229 g/mol. The zero-order valence-electron chi connectivity index (χ0n) is 10.5. The summed E-state index contributed by atoms with van der Waals surface area (Å²) in [6, 6.07) is 8.53. The van der Waals surface area contributed by atoms with Gasteiger partial charge in [0.2, 0.25) is 0 Å². The zero-order valence-corrected chi connectivity index (χ0v) is 10.5. The largest absolute Gasteiger partial charge is 0.329 e. The summed E-state index contributed by atoms with van der Waals surface area (Å²) in [6.07, 6.45) is 3.83. The molecule has 0 aliphatic rings. The maximum atomic E-state index is 4.24. The van der Waals surface area contributed by atoms with E-state index in [0.29, 0.717) is 0 Å². The first-order valence-corrected chi connectivity index (χ1v) is 6.09. The van der Waals surface area contributed by atoms with Crippen LogP contribution in [0.2, 0.25) is 0 Å². The van der Waals surface area contributed by atoms with Crippen LogP contribution in [0.4, 0.5) is 0 Å². The second-order valence-electron chi connectivity index (χ2n) is 4.20. The Morgan fingerprint density at radius 2 is 2.24 bits per heavy atom. The van der Waals surface area contributed by atoms with Gasteiger partial charge in [-0.15, -0.1) is 0 Å². The van der Waals surface area contributed by atoms with Crippen molar-refractivity contribution >= 4 is 0 Å². The van der Waals surface area contributed by atoms with Crippen LogP contribution in [-0.4, -0.2) is 22.6 Å². The van der Waals surface area contributed by atoms with Gasteiger partial charge in [0, 0.05) is 18.7 Å². The van der Waals surface area contributed by atoms with Crippen LogP contribution < -0.4 is 5.32 Å². The molecule has 0 unspecified atom stereocenters. The van der Waals surface area contributed by atoms with Gasteiger partial charge in [-0.3, -0.25) is 0 Å². The molecule has 90 valence electrons. The number of hydrogen-bond donors (Lipinski definition) is 1. The molecule has 0 amide bonds. The van der Waals surface area contributed by atoms with E-state index in [1.54, 1.807) is 0 Å². The summed E-state index contributed by atoms with van der Waals surface area (Å²) in [5.41, 5.74) is 3.70. The van der Waals surface area contributed by atoms with E-state index in [9.17, 15) is 0 Å². The Bertz CT molecular complexity index is 474. The van der Waals surface area contributed by atoms with Gasteiger partial charge in [-0.2, -0.15) is 0 Å². The Balaban J connectivity index is 2.18. The van der Waals surface area contributed by atoms with Crippen LogP contribution in [0.5, 0.6) is 0 Å². The summed E-state index contributed by atoms with van der Waals surface area (Å²) in [5, 5.41) is 3.33. The van der Waals surface area contributed by atoms with Crippen molar-refractivity contribution in [1.82, 2.24) is 14.9 Å². The third kappa shape index (κ3) is 2.94. The normalized spacial score (nSPS) is 10.7. The lowest BCUT2D eigenvalue weighted by Crippen LogP contribution is -2.19. The molecule has 1 aromatic carbocycles. The van der Waals surface area contributed by atoms with Crippen molar-refractivity contribution in [2.45, 2.75) is 20.4 Å². The zero-order chi connectivity index (χ0) is 12.1. The minimum Gasteiger partial charge on any atom is -0.329 e. The average molecular weight is 229 g/mol. The fourth-order valence-corrected chi connectivity index (χ4v) is 1.92. The molecule has 0 aliphatic heterocycles. The molecule has 2 aromatic rings. The average Bonchev–Trinajstić information content (AvgIpc) is 2.78. The molecule has 0 atom stereocenters. The van der Waals surface area contributed by atoms with Gasteiger partial charge in [0.05, 0.1) is 18.2 Å². The van der Waals surface area contributed by atoms with E-state index in [1.165, 1.54) is 16.8 Å². The lowest BCUT2D eigenvalue weighted by Gasteiger charge is -2.09. The number of benzene rings is 1. The lowest BCUT2D eigenvalue weighted by molar-refractivity contribution is 0.616. The number of rotatable bonds is 5. The summed E-state index contributed by atoms with van der Waals surface area (Å²) in [5.74, 6) is 0. The highest BCUT2D eigenvalue weighted by atomic mass is 15.1. The smallest absolute Gasteiger partial charge is 0.0951 e. The summed E-state index contributed by atoms with van der Waals surface area (Å²) < 4.78 is 2.19. The van der Waals surface area contributed by atoms with E-state index < -0.39 is 0 Å². The highest BCUT2D eigenvalue weighted by Crippen LogP contribution is 2.19. The quantitative estimate of drug-likeness (QED) is 0.798. The Labute approximate surface area is 103 Å². The van der Waals surface area contributed by atoms with Gasteiger partial charge in [0.15, 0.2) is 0 Å². The van der Waals surface area contributed by atoms with Gasteiger partial charge in [-0.25, -0.2) is 4.98 Å². The molecule has 3 nitrogen and oxygen atoms in total. The van der Waals surface area contributed by atoms with Gasteiger partial charge in [0.1, 0.15) is 0 Å². The molecule has 17 heavy (non-hydrogen) atoms. The minimum atomic E-state index is 0.955. The first kappa shape index (κ1) is 11.9. The fraction of sp³-hybridized carbons (Fsp3) is 0.357. The van der Waals surface area contributed by atoms with Crippen molar-refractivity contribution in [3.8, 4) is 11.3 Å². The summed E-state index contributed by atoms with van der Waals surface area (Å²) in [4.78, 5) is 4.24. The van der Waals surface area contributed by atoms with Gasteiger partial charge < -0.3 is 9.88 Å². The molecule has 0 saturated carbocycles. The van der Waals surface area contributed by atoms with Crippen LogP contribution in [0.25, 0.3) is 11.3 Å². The lowest BCUT2D eigenvalue weighted by atomic mass is 10.1. The second kappa shape index (κ2) is 5.64. The molecule has 1 heterocycles. The van der Waals surface area contributed by atoms with Crippen molar-refractivity contribution < 1.29 is 0 Å². The molecule has 0 spiro atoms. The SMILES string of the molecule is CCNCCn1cncc1-c1cccc(C)c1. The highest BCUT2D eigenvalue weighted by molar-refractivity contribution is 5.59. The van der Waals surface area contributed by atoms with E-state index in [1.807, 2.05) is 12.5 Å². The Morgan fingerprint density at radius 1 is 1.35 bits per heavy atom. The molecule has 0 bridgehead atoms. The van der Waals surface area contributed by atoms with E-state index in [0.717, 1.165) is 19.6 Å². The van der Waals surface area contributed by atoms with Crippen LogP contribution in [0.3, 0.4) is 0 Å². The molecular formula is C14H19N3. The molecule has 1 aromatic heterocycles. The maximum Gasteiger partial charge on any atom is 0.0951 e. The van der Waals surface area contributed by atoms with Crippen LogP contribution in [0.1, 0.15) is 12.5 Å². The number of aromatic nitrogens is 2. The molecular weight excluding hydrogens is 210 g/mol. The molecule has 1 N–H and O–H groups in total. The Kier molecular flexibility index (Phi) is 3.94. The van der Waals surface area contributed by atoms with Crippen molar-refractivity contribution in [3.05, 3.63) is 42.4 Å². The number of likely N-dealkylation sites (N-methyl/N-ethyl adjacent to an activating group) is 1. The summed E-state index contributed by atoms with van der Waals surface area (Å²) in [7, 11) is 0. The van der Waals surface area contributed by atoms with E-state index >= 15 is 0 Å². The molecule has 0 aliphatic carbocycles. The highest BCUT2D eigenvalue weighted by Gasteiger charge is 2.04. The van der Waals surface area contributed by atoms with Crippen LogP contribution in [-0.2, 0) is 6.54 Å². The van der Waals surface area contributed by atoms with Crippen LogP contribution >= 0.6 is 0 Å². The first-order valence-electron chi connectivity index (χ1n) is 6.09. The first-order chi connectivity index (χ1) is 8.31. The number of aryl methyl sites for hydroxylation is 1. The van der Waals surface area contributed by atoms with Crippen LogP contribution in [0.15, 0.2) is 36.8 Å². The van der Waals surface area contributed by atoms with Gasteiger partial charge in [-0.05, 0) is 19.5 Å². The van der Waals surface area contributed by atoms with Gasteiger partial charge in [0.25, 0.3) is 0 Å². The predicted octanol–water partition coefficient (Wildman–Crippen LogP) is 2.47. The predicted molar refractivity (Wildman–Crippen MR) is 70.9 cm³/mol. The number of nitrogens with zero attached hydrogens (tertiary/aromatic N) is 2. The number of hydrogen-bond acceptors (Lipinski definition) is 2. The van der Waals surface area contributed by atoms with Crippen molar-refractivity contribution in [1.29, 1.82) is 0 Å². The third-order valence-corrected chi connectivity index (χ3v) is 2.81. The summed E-state index contributed by atoms with van der Waals surface area (Å²) >= 11 is 0. The number of imidazole rings is 1. The minimum absolute atomic E-state index is 0.955. The van der Waals surface area contributed by atoms with Crippen molar-refractivity contribution in [2.24, 2.45) is 0 Å². The molecule has 3 heteroatoms. The standard InChI is InChI=1S/C14H19N3/c1-3-15-7-8-17-11-16-10-14(17)13-6-4-5-12(2)9-13/h4-6,9-11,15H,3,7-8H2,1-2H3. The van der Waals surface area contributed by atoms with E-state index in [2.05, 4.69) is 53.0 Å². The summed E-state index contributed by atoms with van der Waals surface area (Å²) in [6.45, 7) is 7.18. The van der Waals surface area contributed by atoms with Crippen LogP contribution in [0, 0.1) is 6.92 Å². The van der Waals surface area contributed by atoms with Crippen molar-refractivity contribution in [2.75, 3.05) is 13.1 Å². The topological polar surface area (TPSA) is 29.9 Å². The maximum absolute atomic E-state index is 4.24. The molecule has 0 fully saturated rings.